The summed E-state index contributed by atoms with van der Waals surface area (Å²) in [5.74, 6) is 0. The van der Waals surface area contributed by atoms with Gasteiger partial charge in [0, 0.05) is 19.8 Å². The van der Waals surface area contributed by atoms with Crippen LogP contribution in [0.25, 0.3) is 0 Å². The lowest BCUT2D eigenvalue weighted by Gasteiger charge is -2.02. The third kappa shape index (κ3) is 2.57. The van der Waals surface area contributed by atoms with Gasteiger partial charge in [-0.2, -0.15) is 0 Å². The van der Waals surface area contributed by atoms with Crippen LogP contribution in [-0.2, 0) is 0 Å². The van der Waals surface area contributed by atoms with Crippen molar-refractivity contribution in [3.63, 3.8) is 0 Å². The highest BCUT2D eigenvalue weighted by molar-refractivity contribution is 9.11. The van der Waals surface area contributed by atoms with Gasteiger partial charge in [0.1, 0.15) is 0 Å². The first kappa shape index (κ1) is 11.9. The summed E-state index contributed by atoms with van der Waals surface area (Å²) in [4.78, 5) is 2.76. The zero-order chi connectivity index (χ0) is 11.0. The van der Waals surface area contributed by atoms with Crippen molar-refractivity contribution in [3.05, 3.63) is 42.9 Å². The lowest BCUT2D eigenvalue weighted by atomic mass is 10.2. The number of rotatable bonds is 2. The second kappa shape index (κ2) is 4.73. The molecule has 0 bridgehead atoms. The molecule has 0 fully saturated rings. The number of furan rings is 1. The van der Waals surface area contributed by atoms with Crippen molar-refractivity contribution >= 4 is 59.1 Å². The van der Waals surface area contributed by atoms with E-state index in [2.05, 4.69) is 60.8 Å². The van der Waals surface area contributed by atoms with Crippen LogP contribution >= 0.6 is 59.1 Å². The topological polar surface area (TPSA) is 13.1 Å². The molecule has 0 spiro atoms. The third-order valence-corrected chi connectivity index (χ3v) is 5.95. The Morgan fingerprint density at radius 2 is 2.07 bits per heavy atom. The van der Waals surface area contributed by atoms with E-state index in [4.69, 9.17) is 4.42 Å². The summed E-state index contributed by atoms with van der Waals surface area (Å²) in [6.07, 6.45) is 1.76. The van der Waals surface area contributed by atoms with Crippen LogP contribution in [0.15, 0.2) is 32.0 Å². The number of hydrogen-bond acceptors (Lipinski definition) is 2. The Morgan fingerprint density at radius 3 is 2.53 bits per heavy atom. The van der Waals surface area contributed by atoms with Crippen molar-refractivity contribution in [3.8, 4) is 0 Å². The van der Waals surface area contributed by atoms with Crippen LogP contribution in [0.2, 0.25) is 0 Å². The van der Waals surface area contributed by atoms with Crippen molar-refractivity contribution in [2.75, 3.05) is 0 Å². The first-order chi connectivity index (χ1) is 7.08. The summed E-state index contributed by atoms with van der Waals surface area (Å²) in [5, 5.41) is 0. The highest BCUT2D eigenvalue weighted by Gasteiger charge is 2.16. The van der Waals surface area contributed by atoms with E-state index in [1.165, 1.54) is 9.75 Å². The summed E-state index contributed by atoms with van der Waals surface area (Å²) in [6, 6.07) is 4.11. The lowest BCUT2D eigenvalue weighted by molar-refractivity contribution is 0.539. The van der Waals surface area contributed by atoms with E-state index in [1.54, 1.807) is 17.6 Å². The molecule has 80 valence electrons. The normalized spacial score (nSPS) is 13.1. The van der Waals surface area contributed by atoms with E-state index in [1.807, 2.05) is 6.07 Å². The number of alkyl halides is 1. The maximum Gasteiger partial charge on any atom is 0.169 e. The summed E-state index contributed by atoms with van der Waals surface area (Å²) in [7, 11) is 0. The second-order valence-corrected chi connectivity index (χ2v) is 6.94. The van der Waals surface area contributed by atoms with E-state index in [0.29, 0.717) is 0 Å². The molecule has 0 aromatic carbocycles. The Hall–Kier alpha value is 0.420. The Labute approximate surface area is 117 Å². The number of aryl methyl sites for hydroxylation is 1. The van der Waals surface area contributed by atoms with Gasteiger partial charge in [-0.3, -0.25) is 0 Å². The molecule has 2 aromatic rings. The van der Waals surface area contributed by atoms with Crippen LogP contribution < -0.4 is 0 Å². The van der Waals surface area contributed by atoms with Crippen molar-refractivity contribution in [2.24, 2.45) is 0 Å². The Kier molecular flexibility index (Phi) is 3.75. The van der Waals surface area contributed by atoms with Crippen LogP contribution in [0.4, 0.5) is 0 Å². The van der Waals surface area contributed by atoms with Gasteiger partial charge in [0.15, 0.2) is 4.67 Å². The molecule has 2 aromatic heterocycles. The SMILES string of the molecule is Cc1sc(C(Br)c2coc(Br)c2)cc1Br. The standard InChI is InChI=1S/C10H7Br3OS/c1-5-7(11)3-8(15-5)10(13)6-2-9(12)14-4-6/h2-4,10H,1H3. The summed E-state index contributed by atoms with van der Waals surface area (Å²) in [6.45, 7) is 2.10. The molecule has 15 heavy (non-hydrogen) atoms. The van der Waals surface area contributed by atoms with Gasteiger partial charge in [0.05, 0.1) is 11.1 Å². The zero-order valence-corrected chi connectivity index (χ0v) is 13.3. The number of hydrogen-bond donors (Lipinski definition) is 0. The molecule has 0 aliphatic carbocycles. The average molecular weight is 415 g/mol. The lowest BCUT2D eigenvalue weighted by Crippen LogP contribution is -1.85. The van der Waals surface area contributed by atoms with Crippen LogP contribution in [-0.4, -0.2) is 0 Å². The minimum Gasteiger partial charge on any atom is -0.457 e. The van der Waals surface area contributed by atoms with Crippen molar-refractivity contribution in [1.82, 2.24) is 0 Å². The smallest absolute Gasteiger partial charge is 0.169 e. The van der Waals surface area contributed by atoms with Gasteiger partial charge in [0.2, 0.25) is 0 Å². The van der Waals surface area contributed by atoms with Gasteiger partial charge in [-0.15, -0.1) is 11.3 Å². The monoisotopic (exact) mass is 412 g/mol. The quantitative estimate of drug-likeness (QED) is 0.578. The summed E-state index contributed by atoms with van der Waals surface area (Å²) < 4.78 is 7.14. The fraction of sp³-hybridized carbons (Fsp3) is 0.200. The Morgan fingerprint density at radius 1 is 1.33 bits per heavy atom. The maximum absolute atomic E-state index is 5.22. The van der Waals surface area contributed by atoms with Crippen molar-refractivity contribution in [2.45, 2.75) is 11.8 Å². The van der Waals surface area contributed by atoms with Gasteiger partial charge >= 0.3 is 0 Å². The number of thiophene rings is 1. The molecule has 0 amide bonds. The van der Waals surface area contributed by atoms with Crippen LogP contribution in [0.1, 0.15) is 20.1 Å². The van der Waals surface area contributed by atoms with Gasteiger partial charge in [-0.1, -0.05) is 15.9 Å². The third-order valence-electron chi connectivity index (χ3n) is 2.01. The maximum atomic E-state index is 5.22. The molecule has 1 nitrogen and oxygen atoms in total. The van der Waals surface area contributed by atoms with Gasteiger partial charge in [-0.05, 0) is 50.9 Å². The van der Waals surface area contributed by atoms with Gasteiger partial charge < -0.3 is 4.42 Å². The first-order valence-electron chi connectivity index (χ1n) is 4.21. The number of halogens is 3. The fourth-order valence-electron chi connectivity index (χ4n) is 1.23. The Balaban J connectivity index is 2.31. The molecule has 0 radical (unpaired) electrons. The van der Waals surface area contributed by atoms with Crippen LogP contribution in [0, 0.1) is 6.92 Å². The Bertz CT molecular complexity index is 455. The predicted octanol–water partition coefficient (Wildman–Crippen LogP) is 5.66. The zero-order valence-electron chi connectivity index (χ0n) is 7.76. The molecule has 2 rings (SSSR count). The molecule has 0 N–H and O–H groups in total. The molecule has 5 heteroatoms. The molecule has 1 unspecified atom stereocenters. The van der Waals surface area contributed by atoms with Crippen LogP contribution in [0.5, 0.6) is 0 Å². The van der Waals surface area contributed by atoms with E-state index in [9.17, 15) is 0 Å². The molecular formula is C10H7Br3OS. The first-order valence-corrected chi connectivity index (χ1v) is 7.53. The summed E-state index contributed by atoms with van der Waals surface area (Å²) >= 11 is 12.3. The van der Waals surface area contributed by atoms with E-state index in [-0.39, 0.29) is 4.83 Å². The van der Waals surface area contributed by atoms with E-state index in [0.717, 1.165) is 14.7 Å². The second-order valence-electron chi connectivity index (χ2n) is 3.10. The fourth-order valence-corrected chi connectivity index (χ4v) is 3.80. The van der Waals surface area contributed by atoms with E-state index < -0.39 is 0 Å². The van der Waals surface area contributed by atoms with Gasteiger partial charge in [0.25, 0.3) is 0 Å². The predicted molar refractivity (Wildman–Crippen MR) is 73.9 cm³/mol. The van der Waals surface area contributed by atoms with Gasteiger partial charge in [-0.25, -0.2) is 0 Å². The largest absolute Gasteiger partial charge is 0.457 e. The molecule has 2 heterocycles. The van der Waals surface area contributed by atoms with Crippen molar-refractivity contribution < 1.29 is 4.42 Å². The summed E-state index contributed by atoms with van der Waals surface area (Å²) in [5.41, 5.74) is 1.12. The minimum absolute atomic E-state index is 0.197. The molecule has 0 aliphatic heterocycles. The molecular weight excluding hydrogens is 408 g/mol. The average Bonchev–Trinajstić information content (AvgIpc) is 2.74. The molecule has 0 aliphatic rings. The van der Waals surface area contributed by atoms with E-state index >= 15 is 0 Å². The van der Waals surface area contributed by atoms with Crippen LogP contribution in [0.3, 0.4) is 0 Å². The molecule has 1 atom stereocenters. The van der Waals surface area contributed by atoms with Crippen molar-refractivity contribution in [1.29, 1.82) is 0 Å². The highest BCUT2D eigenvalue weighted by atomic mass is 79.9. The highest BCUT2D eigenvalue weighted by Crippen LogP contribution is 2.39. The molecule has 0 saturated carbocycles. The molecule has 0 saturated heterocycles. The minimum atomic E-state index is 0.197.